The van der Waals surface area contributed by atoms with E-state index in [1.165, 1.54) is 0 Å². The van der Waals surface area contributed by atoms with Crippen molar-refractivity contribution in [1.82, 2.24) is 0 Å². The molecule has 1 aromatic heterocycles. The topological polar surface area (TPSA) is 44.0 Å². The van der Waals surface area contributed by atoms with Crippen LogP contribution in [-0.4, -0.2) is 13.7 Å². The molecular formula is C19H18BrNO3. The third-order valence-corrected chi connectivity index (χ3v) is 4.02. The molecule has 3 rings (SSSR count). The number of ether oxygens (including phenoxy) is 2. The van der Waals surface area contributed by atoms with Crippen LogP contribution in [-0.2, 0) is 11.3 Å². The lowest BCUT2D eigenvalue weighted by molar-refractivity contribution is 0.131. The van der Waals surface area contributed by atoms with Gasteiger partial charge in [0.1, 0.15) is 11.3 Å². The Morgan fingerprint density at radius 3 is 2.79 bits per heavy atom. The second-order valence-electron chi connectivity index (χ2n) is 5.21. The first-order chi connectivity index (χ1) is 11.7. The predicted molar refractivity (Wildman–Crippen MR) is 97.5 cm³/mol. The zero-order valence-corrected chi connectivity index (χ0v) is 15.2. The number of benzene rings is 2. The monoisotopic (exact) mass is 387 g/mol. The third kappa shape index (κ3) is 3.86. The molecule has 0 radical (unpaired) electrons. The summed E-state index contributed by atoms with van der Waals surface area (Å²) < 4.78 is 17.8. The van der Waals surface area contributed by atoms with Crippen LogP contribution >= 0.6 is 15.9 Å². The van der Waals surface area contributed by atoms with E-state index < -0.39 is 0 Å². The molecule has 0 amide bonds. The van der Waals surface area contributed by atoms with Gasteiger partial charge in [-0.15, -0.1) is 0 Å². The molecule has 0 saturated heterocycles. The molecule has 0 saturated carbocycles. The van der Waals surface area contributed by atoms with Gasteiger partial charge in [-0.1, -0.05) is 22.0 Å². The van der Waals surface area contributed by atoms with Crippen LogP contribution < -0.4 is 10.3 Å². The summed E-state index contributed by atoms with van der Waals surface area (Å²) >= 11 is 3.49. The molecule has 0 aliphatic heterocycles. The van der Waals surface area contributed by atoms with Gasteiger partial charge in [-0.25, -0.2) is 4.99 Å². The summed E-state index contributed by atoms with van der Waals surface area (Å²) in [4.78, 5) is 4.64. The zero-order valence-electron chi connectivity index (χ0n) is 13.6. The summed E-state index contributed by atoms with van der Waals surface area (Å²) in [5.41, 5.74) is 3.00. The van der Waals surface area contributed by atoms with E-state index >= 15 is 0 Å². The van der Waals surface area contributed by atoms with Gasteiger partial charge in [0, 0.05) is 28.1 Å². The van der Waals surface area contributed by atoms with Crippen molar-refractivity contribution in [3.05, 3.63) is 64.1 Å². The molecule has 0 bridgehead atoms. The van der Waals surface area contributed by atoms with Crippen molar-refractivity contribution >= 4 is 32.6 Å². The standard InChI is InChI=1S/C19H18BrNO3/c1-3-23-12-14-9-13-10-15(20)7-8-18(13)24-19(14)21-16-5-4-6-17(11-16)22-2/h4-11H,3,12H2,1-2H3/b21-19-. The van der Waals surface area contributed by atoms with E-state index in [2.05, 4.69) is 27.0 Å². The van der Waals surface area contributed by atoms with Crippen LogP contribution in [0.2, 0.25) is 0 Å². The largest absolute Gasteiger partial charge is 0.497 e. The van der Waals surface area contributed by atoms with Gasteiger partial charge >= 0.3 is 0 Å². The zero-order chi connectivity index (χ0) is 16.9. The minimum absolute atomic E-state index is 0.450. The Labute approximate surface area is 148 Å². The predicted octanol–water partition coefficient (Wildman–Crippen LogP) is 4.97. The summed E-state index contributed by atoms with van der Waals surface area (Å²) in [6.07, 6.45) is 0. The van der Waals surface area contributed by atoms with Crippen molar-refractivity contribution < 1.29 is 13.9 Å². The molecule has 0 aliphatic rings. The SMILES string of the molecule is CCOCc1cc2cc(Br)ccc2o/c1=N\c1cccc(OC)c1. The summed E-state index contributed by atoms with van der Waals surface area (Å²) in [7, 11) is 1.64. The maximum Gasteiger partial charge on any atom is 0.225 e. The number of nitrogens with zero attached hydrogens (tertiary/aromatic N) is 1. The van der Waals surface area contributed by atoms with Gasteiger partial charge in [-0.3, -0.25) is 0 Å². The molecule has 1 heterocycles. The van der Waals surface area contributed by atoms with Crippen molar-refractivity contribution in [1.29, 1.82) is 0 Å². The van der Waals surface area contributed by atoms with Gasteiger partial charge < -0.3 is 13.9 Å². The van der Waals surface area contributed by atoms with E-state index in [1.807, 2.05) is 49.4 Å². The van der Waals surface area contributed by atoms with E-state index in [-0.39, 0.29) is 0 Å². The lowest BCUT2D eigenvalue weighted by Gasteiger charge is -2.06. The summed E-state index contributed by atoms with van der Waals surface area (Å²) in [6, 6.07) is 15.5. The van der Waals surface area contributed by atoms with Gasteiger partial charge in [-0.2, -0.15) is 0 Å². The van der Waals surface area contributed by atoms with Crippen LogP contribution in [0.5, 0.6) is 5.75 Å². The molecule has 2 aromatic carbocycles. The highest BCUT2D eigenvalue weighted by molar-refractivity contribution is 9.10. The van der Waals surface area contributed by atoms with Crippen molar-refractivity contribution in [2.75, 3.05) is 13.7 Å². The van der Waals surface area contributed by atoms with Gasteiger partial charge in [0.25, 0.3) is 0 Å². The highest BCUT2D eigenvalue weighted by Gasteiger charge is 2.06. The Bertz CT molecular complexity index is 918. The minimum Gasteiger partial charge on any atom is -0.497 e. The fourth-order valence-electron chi connectivity index (χ4n) is 2.35. The average molecular weight is 388 g/mol. The van der Waals surface area contributed by atoms with Gasteiger partial charge in [0.15, 0.2) is 0 Å². The Morgan fingerprint density at radius 2 is 2.00 bits per heavy atom. The third-order valence-electron chi connectivity index (χ3n) is 3.53. The maximum atomic E-state index is 6.01. The van der Waals surface area contributed by atoms with Crippen LogP contribution in [0, 0.1) is 0 Å². The second-order valence-corrected chi connectivity index (χ2v) is 6.13. The average Bonchev–Trinajstić information content (AvgIpc) is 2.60. The lowest BCUT2D eigenvalue weighted by Crippen LogP contribution is -2.10. The summed E-state index contributed by atoms with van der Waals surface area (Å²) in [5.74, 6) is 0.757. The molecule has 0 aliphatic carbocycles. The normalized spacial score (nSPS) is 11.9. The molecule has 0 N–H and O–H groups in total. The first-order valence-corrected chi connectivity index (χ1v) is 8.47. The molecule has 124 valence electrons. The smallest absolute Gasteiger partial charge is 0.225 e. The van der Waals surface area contributed by atoms with Crippen LogP contribution in [0.25, 0.3) is 11.0 Å². The summed E-state index contributed by atoms with van der Waals surface area (Å²) in [6.45, 7) is 3.05. The van der Waals surface area contributed by atoms with E-state index in [0.29, 0.717) is 18.8 Å². The van der Waals surface area contributed by atoms with Crippen LogP contribution in [0.4, 0.5) is 5.69 Å². The molecule has 0 atom stereocenters. The summed E-state index contributed by atoms with van der Waals surface area (Å²) in [5, 5.41) is 1.00. The number of hydrogen-bond donors (Lipinski definition) is 0. The number of hydrogen-bond acceptors (Lipinski definition) is 4. The first kappa shape index (κ1) is 16.7. The number of rotatable bonds is 5. The van der Waals surface area contributed by atoms with Crippen LogP contribution in [0.1, 0.15) is 12.5 Å². The van der Waals surface area contributed by atoms with Gasteiger partial charge in [-0.05, 0) is 43.3 Å². The molecular weight excluding hydrogens is 370 g/mol. The number of halogens is 1. The fraction of sp³-hybridized carbons (Fsp3) is 0.211. The van der Waals surface area contributed by atoms with E-state index in [4.69, 9.17) is 13.9 Å². The van der Waals surface area contributed by atoms with Crippen LogP contribution in [0.3, 0.4) is 0 Å². The molecule has 24 heavy (non-hydrogen) atoms. The molecule has 3 aromatic rings. The second kappa shape index (κ2) is 7.64. The number of methoxy groups -OCH3 is 1. The Hall–Kier alpha value is -2.11. The highest BCUT2D eigenvalue weighted by Crippen LogP contribution is 2.22. The van der Waals surface area contributed by atoms with E-state index in [0.717, 1.165) is 32.4 Å². The Kier molecular flexibility index (Phi) is 5.33. The lowest BCUT2D eigenvalue weighted by atomic mass is 10.2. The van der Waals surface area contributed by atoms with Crippen molar-refractivity contribution in [2.24, 2.45) is 4.99 Å². The van der Waals surface area contributed by atoms with Crippen molar-refractivity contribution in [3.63, 3.8) is 0 Å². The minimum atomic E-state index is 0.450. The van der Waals surface area contributed by atoms with Gasteiger partial charge in [0.05, 0.1) is 19.4 Å². The Morgan fingerprint density at radius 1 is 1.12 bits per heavy atom. The van der Waals surface area contributed by atoms with Crippen molar-refractivity contribution in [3.8, 4) is 5.75 Å². The molecule has 0 fully saturated rings. The number of fused-ring (bicyclic) bond motifs is 1. The first-order valence-electron chi connectivity index (χ1n) is 7.68. The van der Waals surface area contributed by atoms with E-state index in [1.54, 1.807) is 7.11 Å². The maximum absolute atomic E-state index is 6.01. The quantitative estimate of drug-likeness (QED) is 0.620. The van der Waals surface area contributed by atoms with Crippen LogP contribution in [0.15, 0.2) is 62.4 Å². The molecule has 0 spiro atoms. The Balaban J connectivity index is 2.15. The molecule has 5 heteroatoms. The molecule has 4 nitrogen and oxygen atoms in total. The van der Waals surface area contributed by atoms with E-state index in [9.17, 15) is 0 Å². The molecule has 0 unspecified atom stereocenters. The highest BCUT2D eigenvalue weighted by atomic mass is 79.9. The van der Waals surface area contributed by atoms with Crippen molar-refractivity contribution in [2.45, 2.75) is 13.5 Å². The van der Waals surface area contributed by atoms with Gasteiger partial charge in [0.2, 0.25) is 5.55 Å². The fourth-order valence-corrected chi connectivity index (χ4v) is 2.73.